The third kappa shape index (κ3) is 1.76. The van der Waals surface area contributed by atoms with Crippen LogP contribution in [0.15, 0.2) is 17.8 Å². The van der Waals surface area contributed by atoms with Gasteiger partial charge in [-0.15, -0.1) is 0 Å². The number of aromatic nitrogens is 3. The lowest BCUT2D eigenvalue weighted by Gasteiger charge is -1.92. The molecule has 1 rings (SSSR count). The molecule has 0 unspecified atom stereocenters. The molecule has 6 nitrogen and oxygen atoms in total. The van der Waals surface area contributed by atoms with E-state index in [0.717, 1.165) is 0 Å². The summed E-state index contributed by atoms with van der Waals surface area (Å²) >= 11 is 0. The Balaban J connectivity index is 2.65. The van der Waals surface area contributed by atoms with Crippen molar-refractivity contribution >= 4 is 5.71 Å². The minimum Gasteiger partial charge on any atom is -0.410 e. The fourth-order valence-electron chi connectivity index (χ4n) is 0.557. The van der Waals surface area contributed by atoms with Crippen LogP contribution in [0.1, 0.15) is 0 Å². The van der Waals surface area contributed by atoms with E-state index >= 15 is 0 Å². The van der Waals surface area contributed by atoms with Crippen LogP contribution in [-0.2, 0) is 6.54 Å². The highest BCUT2D eigenvalue weighted by Gasteiger charge is 1.98. The van der Waals surface area contributed by atoms with Gasteiger partial charge < -0.3 is 5.21 Å². The van der Waals surface area contributed by atoms with E-state index in [1.54, 1.807) is 6.07 Å². The predicted octanol–water partition coefficient (Wildman–Crippen LogP) is -0.368. The molecule has 0 atom stereocenters. The molecule has 0 spiro atoms. The number of hydrogen-bond donors (Lipinski definition) is 1. The topological polar surface area (TPSA) is 87.1 Å². The standard InChI is InChI=1S/C5H5N5O/c6-1-5(9-11)2-10-4-7-3-8-10/h3-4,11H,2H2. The lowest BCUT2D eigenvalue weighted by Crippen LogP contribution is -2.08. The molecule has 11 heavy (non-hydrogen) atoms. The largest absolute Gasteiger partial charge is 0.410 e. The van der Waals surface area contributed by atoms with Crippen LogP contribution in [0, 0.1) is 11.3 Å². The van der Waals surface area contributed by atoms with Crippen molar-refractivity contribution in [3.63, 3.8) is 0 Å². The van der Waals surface area contributed by atoms with Crippen LogP contribution in [0.3, 0.4) is 0 Å². The molecule has 1 heterocycles. The van der Waals surface area contributed by atoms with Crippen LogP contribution >= 0.6 is 0 Å². The Morgan fingerprint density at radius 3 is 3.09 bits per heavy atom. The van der Waals surface area contributed by atoms with Crippen LogP contribution in [-0.4, -0.2) is 25.7 Å². The van der Waals surface area contributed by atoms with Crippen LogP contribution in [0.25, 0.3) is 0 Å². The molecule has 0 saturated carbocycles. The molecule has 1 aromatic heterocycles. The van der Waals surface area contributed by atoms with Gasteiger partial charge >= 0.3 is 0 Å². The molecule has 0 bridgehead atoms. The molecule has 0 amide bonds. The summed E-state index contributed by atoms with van der Waals surface area (Å²) in [4.78, 5) is 3.65. The molecule has 0 aliphatic carbocycles. The molecular formula is C5H5N5O. The maximum atomic E-state index is 8.32. The van der Waals surface area contributed by atoms with Crippen molar-refractivity contribution in [1.29, 1.82) is 5.26 Å². The second-order valence-electron chi connectivity index (χ2n) is 1.75. The minimum atomic E-state index is -0.00417. The SMILES string of the molecule is N#CC(Cn1cncn1)=NO. The smallest absolute Gasteiger partial charge is 0.178 e. The summed E-state index contributed by atoms with van der Waals surface area (Å²) in [5.41, 5.74) is -0.00417. The zero-order chi connectivity index (χ0) is 8.10. The Morgan fingerprint density at radius 2 is 2.64 bits per heavy atom. The Labute approximate surface area is 62.4 Å². The quantitative estimate of drug-likeness (QED) is 0.355. The maximum absolute atomic E-state index is 8.32. The zero-order valence-electron chi connectivity index (χ0n) is 5.55. The van der Waals surface area contributed by atoms with E-state index in [-0.39, 0.29) is 12.3 Å². The van der Waals surface area contributed by atoms with Crippen molar-refractivity contribution in [2.45, 2.75) is 6.54 Å². The van der Waals surface area contributed by atoms with E-state index in [4.69, 9.17) is 10.5 Å². The first-order chi connectivity index (χ1) is 5.36. The average Bonchev–Trinajstić information content (AvgIpc) is 2.52. The lowest BCUT2D eigenvalue weighted by molar-refractivity contribution is 0.317. The van der Waals surface area contributed by atoms with Crippen LogP contribution in [0.4, 0.5) is 0 Å². The van der Waals surface area contributed by atoms with Gasteiger partial charge in [-0.2, -0.15) is 10.4 Å². The van der Waals surface area contributed by atoms with Crippen molar-refractivity contribution < 1.29 is 5.21 Å². The zero-order valence-corrected chi connectivity index (χ0v) is 5.55. The van der Waals surface area contributed by atoms with Crippen LogP contribution < -0.4 is 0 Å². The van der Waals surface area contributed by atoms with Gasteiger partial charge in [-0.05, 0) is 0 Å². The van der Waals surface area contributed by atoms with Gasteiger partial charge in [0.05, 0.1) is 6.54 Å². The first-order valence-corrected chi connectivity index (χ1v) is 2.80. The number of nitriles is 1. The molecule has 1 N–H and O–H groups in total. The number of nitrogens with zero attached hydrogens (tertiary/aromatic N) is 5. The van der Waals surface area contributed by atoms with Crippen molar-refractivity contribution in [2.75, 3.05) is 0 Å². The Bertz CT molecular complexity index is 282. The third-order valence-corrected chi connectivity index (χ3v) is 1.03. The molecule has 1 aromatic rings. The highest BCUT2D eigenvalue weighted by molar-refractivity contribution is 5.97. The summed E-state index contributed by atoms with van der Waals surface area (Å²) in [5, 5.41) is 23.0. The van der Waals surface area contributed by atoms with Crippen LogP contribution in [0.5, 0.6) is 0 Å². The molecular weight excluding hydrogens is 146 g/mol. The van der Waals surface area contributed by atoms with E-state index in [9.17, 15) is 0 Å². The third-order valence-electron chi connectivity index (χ3n) is 1.03. The van der Waals surface area contributed by atoms with E-state index in [1.807, 2.05) is 0 Å². The molecule has 6 heteroatoms. The number of rotatable bonds is 2. The van der Waals surface area contributed by atoms with E-state index < -0.39 is 0 Å². The molecule has 0 aliphatic heterocycles. The van der Waals surface area contributed by atoms with Crippen molar-refractivity contribution in [2.24, 2.45) is 5.16 Å². The van der Waals surface area contributed by atoms with Crippen molar-refractivity contribution in [3.8, 4) is 6.07 Å². The second-order valence-corrected chi connectivity index (χ2v) is 1.75. The summed E-state index contributed by atoms with van der Waals surface area (Å²) in [6, 6.07) is 1.70. The van der Waals surface area contributed by atoms with E-state index in [1.165, 1.54) is 17.3 Å². The summed E-state index contributed by atoms with van der Waals surface area (Å²) < 4.78 is 1.39. The van der Waals surface area contributed by atoms with Crippen molar-refractivity contribution in [1.82, 2.24) is 14.8 Å². The summed E-state index contributed by atoms with van der Waals surface area (Å²) in [7, 11) is 0. The summed E-state index contributed by atoms with van der Waals surface area (Å²) in [5.74, 6) is 0. The predicted molar refractivity (Wildman–Crippen MR) is 34.9 cm³/mol. The van der Waals surface area contributed by atoms with Gasteiger partial charge in [0, 0.05) is 0 Å². The Kier molecular flexibility index (Phi) is 2.17. The molecule has 0 saturated heterocycles. The van der Waals surface area contributed by atoms with Gasteiger partial charge in [0.15, 0.2) is 5.71 Å². The van der Waals surface area contributed by atoms with Gasteiger partial charge in [0.2, 0.25) is 0 Å². The normalized spacial score (nSPS) is 11.0. The minimum absolute atomic E-state index is 0.00417. The lowest BCUT2D eigenvalue weighted by atomic mass is 10.4. The summed E-state index contributed by atoms with van der Waals surface area (Å²) in [6.45, 7) is 0.146. The van der Waals surface area contributed by atoms with Gasteiger partial charge in [-0.3, -0.25) is 0 Å². The first kappa shape index (κ1) is 7.21. The number of oxime groups is 1. The molecule has 0 fully saturated rings. The van der Waals surface area contributed by atoms with Crippen LogP contribution in [0.2, 0.25) is 0 Å². The van der Waals surface area contributed by atoms with Crippen molar-refractivity contribution in [3.05, 3.63) is 12.7 Å². The number of hydrogen-bond acceptors (Lipinski definition) is 5. The fraction of sp³-hybridized carbons (Fsp3) is 0.200. The monoisotopic (exact) mass is 151 g/mol. The Morgan fingerprint density at radius 1 is 1.82 bits per heavy atom. The second kappa shape index (κ2) is 3.31. The summed E-state index contributed by atoms with van der Waals surface area (Å²) in [6.07, 6.45) is 2.77. The highest BCUT2D eigenvalue weighted by atomic mass is 16.4. The van der Waals surface area contributed by atoms with Gasteiger partial charge in [0.25, 0.3) is 0 Å². The van der Waals surface area contributed by atoms with Gasteiger partial charge in [0.1, 0.15) is 18.7 Å². The molecule has 0 aliphatic rings. The average molecular weight is 151 g/mol. The molecule has 56 valence electrons. The maximum Gasteiger partial charge on any atom is 0.178 e. The molecule has 0 aromatic carbocycles. The fourth-order valence-corrected chi connectivity index (χ4v) is 0.557. The van der Waals surface area contributed by atoms with E-state index in [2.05, 4.69) is 15.2 Å². The molecule has 0 radical (unpaired) electrons. The first-order valence-electron chi connectivity index (χ1n) is 2.80. The highest BCUT2D eigenvalue weighted by Crippen LogP contribution is 1.83. The van der Waals surface area contributed by atoms with Gasteiger partial charge in [-0.1, -0.05) is 5.16 Å². The Hall–Kier alpha value is -1.90. The van der Waals surface area contributed by atoms with Gasteiger partial charge in [-0.25, -0.2) is 9.67 Å². The van der Waals surface area contributed by atoms with E-state index in [0.29, 0.717) is 0 Å².